The molecule has 4 rings (SSSR count). The second-order valence-corrected chi connectivity index (χ2v) is 6.10. The third-order valence-electron chi connectivity index (χ3n) is 4.83. The molecule has 1 atom stereocenters. The van der Waals surface area contributed by atoms with Crippen molar-refractivity contribution in [2.45, 2.75) is 44.3 Å². The van der Waals surface area contributed by atoms with Gasteiger partial charge in [0.25, 0.3) is 5.56 Å². The molecule has 3 aliphatic rings. The molecular formula is C15H19N3O2. The molecule has 2 fully saturated rings. The number of H-pyrrole nitrogens is 1. The SMILES string of the molecule is O=C1C(N2CCc3cc[nH]c(=O)c3C2)CCN1C1CC1. The molecule has 0 spiro atoms. The van der Waals surface area contributed by atoms with Gasteiger partial charge in [0.05, 0.1) is 6.04 Å². The van der Waals surface area contributed by atoms with Crippen LogP contribution in [-0.4, -0.2) is 45.9 Å². The summed E-state index contributed by atoms with van der Waals surface area (Å²) >= 11 is 0. The monoisotopic (exact) mass is 273 g/mol. The van der Waals surface area contributed by atoms with Crippen LogP contribution in [0.4, 0.5) is 0 Å². The molecule has 5 nitrogen and oxygen atoms in total. The number of aromatic nitrogens is 1. The van der Waals surface area contributed by atoms with Crippen LogP contribution in [0.2, 0.25) is 0 Å². The van der Waals surface area contributed by atoms with Crippen molar-refractivity contribution in [1.29, 1.82) is 0 Å². The third-order valence-corrected chi connectivity index (χ3v) is 4.83. The van der Waals surface area contributed by atoms with E-state index in [4.69, 9.17) is 0 Å². The van der Waals surface area contributed by atoms with Gasteiger partial charge in [0.1, 0.15) is 0 Å². The maximum absolute atomic E-state index is 12.5. The number of nitrogens with zero attached hydrogens (tertiary/aromatic N) is 2. The average Bonchev–Trinajstić information content (AvgIpc) is 3.22. The molecule has 1 unspecified atom stereocenters. The molecule has 0 radical (unpaired) electrons. The molecular weight excluding hydrogens is 254 g/mol. The van der Waals surface area contributed by atoms with Crippen LogP contribution in [0.3, 0.4) is 0 Å². The summed E-state index contributed by atoms with van der Waals surface area (Å²) in [5, 5.41) is 0. The molecule has 3 heterocycles. The number of fused-ring (bicyclic) bond motifs is 1. The molecule has 1 aromatic rings. The number of carbonyl (C=O) groups is 1. The third kappa shape index (κ3) is 1.88. The summed E-state index contributed by atoms with van der Waals surface area (Å²) in [4.78, 5) is 31.4. The van der Waals surface area contributed by atoms with Crippen molar-refractivity contribution in [3.63, 3.8) is 0 Å². The number of amides is 1. The van der Waals surface area contributed by atoms with Gasteiger partial charge >= 0.3 is 0 Å². The number of pyridine rings is 1. The molecule has 1 aromatic heterocycles. The summed E-state index contributed by atoms with van der Waals surface area (Å²) in [7, 11) is 0. The van der Waals surface area contributed by atoms with E-state index in [-0.39, 0.29) is 17.5 Å². The first-order chi connectivity index (χ1) is 9.74. The lowest BCUT2D eigenvalue weighted by Crippen LogP contribution is -2.46. The second kappa shape index (κ2) is 4.45. The predicted molar refractivity (Wildman–Crippen MR) is 74.3 cm³/mol. The second-order valence-electron chi connectivity index (χ2n) is 6.10. The van der Waals surface area contributed by atoms with Gasteiger partial charge in [0.2, 0.25) is 5.91 Å². The standard InChI is InChI=1S/C15H19N3O2/c19-14-12-9-17(7-4-10(12)3-6-16-14)13-5-8-18(15(13)20)11-1-2-11/h3,6,11,13H,1-2,4-5,7-9H2,(H,16,19). The van der Waals surface area contributed by atoms with Gasteiger partial charge in [-0.25, -0.2) is 0 Å². The Labute approximate surface area is 117 Å². The molecule has 106 valence electrons. The lowest BCUT2D eigenvalue weighted by atomic mass is 10.00. The van der Waals surface area contributed by atoms with Crippen LogP contribution in [0.5, 0.6) is 0 Å². The zero-order chi connectivity index (χ0) is 13.7. The number of hydrogen-bond acceptors (Lipinski definition) is 3. The Hall–Kier alpha value is -1.62. The van der Waals surface area contributed by atoms with E-state index < -0.39 is 0 Å². The van der Waals surface area contributed by atoms with Crippen LogP contribution in [0.15, 0.2) is 17.1 Å². The highest BCUT2D eigenvalue weighted by atomic mass is 16.2. The fourth-order valence-electron chi connectivity index (χ4n) is 3.55. The largest absolute Gasteiger partial charge is 0.338 e. The molecule has 1 amide bonds. The van der Waals surface area contributed by atoms with Gasteiger partial charge in [-0.2, -0.15) is 0 Å². The number of nitrogens with one attached hydrogen (secondary N) is 1. The zero-order valence-electron chi connectivity index (χ0n) is 11.5. The number of aromatic amines is 1. The highest BCUT2D eigenvalue weighted by Crippen LogP contribution is 2.33. The summed E-state index contributed by atoms with van der Waals surface area (Å²) in [5.41, 5.74) is 1.97. The van der Waals surface area contributed by atoms with Gasteiger partial charge < -0.3 is 9.88 Å². The highest BCUT2D eigenvalue weighted by molar-refractivity contribution is 5.84. The Morgan fingerprint density at radius 2 is 2.00 bits per heavy atom. The van der Waals surface area contributed by atoms with E-state index >= 15 is 0 Å². The van der Waals surface area contributed by atoms with E-state index in [1.165, 1.54) is 12.8 Å². The predicted octanol–water partition coefficient (Wildman–Crippen LogP) is 0.496. The summed E-state index contributed by atoms with van der Waals surface area (Å²) in [5.74, 6) is 0.281. The Kier molecular flexibility index (Phi) is 2.70. The molecule has 0 bridgehead atoms. The van der Waals surface area contributed by atoms with Gasteiger partial charge in [0.15, 0.2) is 0 Å². The topological polar surface area (TPSA) is 56.4 Å². The van der Waals surface area contributed by atoms with Crippen LogP contribution >= 0.6 is 0 Å². The maximum Gasteiger partial charge on any atom is 0.252 e. The van der Waals surface area contributed by atoms with Gasteiger partial charge in [-0.1, -0.05) is 0 Å². The van der Waals surface area contributed by atoms with Gasteiger partial charge in [-0.05, 0) is 37.3 Å². The van der Waals surface area contributed by atoms with E-state index in [1.807, 2.05) is 6.07 Å². The molecule has 20 heavy (non-hydrogen) atoms. The van der Waals surface area contributed by atoms with E-state index in [9.17, 15) is 9.59 Å². The molecule has 1 saturated heterocycles. The van der Waals surface area contributed by atoms with Crippen molar-refractivity contribution in [2.24, 2.45) is 0 Å². The van der Waals surface area contributed by atoms with E-state index in [0.29, 0.717) is 12.6 Å². The van der Waals surface area contributed by atoms with Crippen molar-refractivity contribution < 1.29 is 4.79 Å². The van der Waals surface area contributed by atoms with Gasteiger partial charge in [0, 0.05) is 37.4 Å². The zero-order valence-corrected chi connectivity index (χ0v) is 11.5. The Morgan fingerprint density at radius 1 is 1.15 bits per heavy atom. The molecule has 1 aliphatic carbocycles. The summed E-state index contributed by atoms with van der Waals surface area (Å²) in [6, 6.07) is 2.48. The molecule has 0 aromatic carbocycles. The highest BCUT2D eigenvalue weighted by Gasteiger charge is 2.43. The van der Waals surface area contributed by atoms with Crippen molar-refractivity contribution in [2.75, 3.05) is 13.1 Å². The number of likely N-dealkylation sites (tertiary alicyclic amines) is 1. The number of rotatable bonds is 2. The molecule has 1 N–H and O–H groups in total. The van der Waals surface area contributed by atoms with Gasteiger partial charge in [-0.3, -0.25) is 14.5 Å². The smallest absolute Gasteiger partial charge is 0.252 e. The van der Waals surface area contributed by atoms with Crippen LogP contribution in [0, 0.1) is 0 Å². The van der Waals surface area contributed by atoms with Crippen LogP contribution in [-0.2, 0) is 17.8 Å². The number of hydrogen-bond donors (Lipinski definition) is 1. The maximum atomic E-state index is 12.5. The minimum absolute atomic E-state index is 0.00306. The summed E-state index contributed by atoms with van der Waals surface area (Å²) < 4.78 is 0. The average molecular weight is 273 g/mol. The fraction of sp³-hybridized carbons (Fsp3) is 0.600. The van der Waals surface area contributed by atoms with Crippen molar-refractivity contribution in [3.05, 3.63) is 33.7 Å². The molecule has 5 heteroatoms. The quantitative estimate of drug-likeness (QED) is 0.853. The Bertz CT molecular complexity index is 605. The van der Waals surface area contributed by atoms with Crippen LogP contribution < -0.4 is 5.56 Å². The number of carbonyl (C=O) groups excluding carboxylic acids is 1. The molecule has 2 aliphatic heterocycles. The lowest BCUT2D eigenvalue weighted by Gasteiger charge is -2.32. The van der Waals surface area contributed by atoms with E-state index in [2.05, 4.69) is 14.8 Å². The summed E-state index contributed by atoms with van der Waals surface area (Å²) in [6.45, 7) is 2.38. The van der Waals surface area contributed by atoms with Crippen LogP contribution in [0.1, 0.15) is 30.4 Å². The minimum Gasteiger partial charge on any atom is -0.338 e. The van der Waals surface area contributed by atoms with E-state index in [0.717, 1.165) is 37.1 Å². The summed E-state index contributed by atoms with van der Waals surface area (Å²) in [6.07, 6.45) is 5.83. The fourth-order valence-corrected chi connectivity index (χ4v) is 3.55. The van der Waals surface area contributed by atoms with Gasteiger partial charge in [-0.15, -0.1) is 0 Å². The first-order valence-electron chi connectivity index (χ1n) is 7.48. The molecule has 1 saturated carbocycles. The first-order valence-corrected chi connectivity index (χ1v) is 7.48. The Morgan fingerprint density at radius 3 is 2.80 bits per heavy atom. The van der Waals surface area contributed by atoms with Crippen LogP contribution in [0.25, 0.3) is 0 Å². The van der Waals surface area contributed by atoms with E-state index in [1.54, 1.807) is 6.20 Å². The lowest BCUT2D eigenvalue weighted by molar-refractivity contribution is -0.132. The van der Waals surface area contributed by atoms with Crippen molar-refractivity contribution >= 4 is 5.91 Å². The Balaban J connectivity index is 1.55. The minimum atomic E-state index is -0.0108. The first kappa shape index (κ1) is 12.1. The van der Waals surface area contributed by atoms with Crippen molar-refractivity contribution in [1.82, 2.24) is 14.8 Å². The van der Waals surface area contributed by atoms with Crippen molar-refractivity contribution in [3.8, 4) is 0 Å². The normalized spacial score (nSPS) is 26.9.